The molecule has 0 unspecified atom stereocenters. The van der Waals surface area contributed by atoms with Crippen molar-refractivity contribution in [1.29, 1.82) is 0 Å². The maximum atomic E-state index is 2.77. The Bertz CT molecular complexity index is 200. The van der Waals surface area contributed by atoms with Crippen molar-refractivity contribution >= 4 is 0 Å². The lowest BCUT2D eigenvalue weighted by Gasteiger charge is -2.23. The van der Waals surface area contributed by atoms with Crippen LogP contribution < -0.4 is 0 Å². The van der Waals surface area contributed by atoms with Crippen LogP contribution >= 0.6 is 0 Å². The van der Waals surface area contributed by atoms with Crippen molar-refractivity contribution in [2.75, 3.05) is 19.6 Å². The van der Waals surface area contributed by atoms with Crippen molar-refractivity contribution in [3.63, 3.8) is 0 Å². The summed E-state index contributed by atoms with van der Waals surface area (Å²) in [5.74, 6) is 2.15. The van der Waals surface area contributed by atoms with Crippen LogP contribution in [-0.4, -0.2) is 24.5 Å². The van der Waals surface area contributed by atoms with Crippen molar-refractivity contribution < 1.29 is 0 Å². The van der Waals surface area contributed by atoms with Crippen LogP contribution in [0.15, 0.2) is 0 Å². The predicted octanol–water partition coefficient (Wildman–Crippen LogP) is 4.86. The first kappa shape index (κ1) is 14.4. The molecule has 2 aliphatic rings. The van der Waals surface area contributed by atoms with E-state index < -0.39 is 0 Å². The Labute approximate surface area is 114 Å². The fourth-order valence-corrected chi connectivity index (χ4v) is 3.98. The van der Waals surface area contributed by atoms with Gasteiger partial charge in [0, 0.05) is 13.1 Å². The van der Waals surface area contributed by atoms with Crippen LogP contribution in [0.4, 0.5) is 0 Å². The minimum atomic E-state index is 1.07. The molecule has 1 saturated heterocycles. The van der Waals surface area contributed by atoms with Gasteiger partial charge in [0.1, 0.15) is 0 Å². The lowest BCUT2D eigenvalue weighted by Crippen LogP contribution is -2.22. The van der Waals surface area contributed by atoms with Crippen molar-refractivity contribution in [1.82, 2.24) is 4.90 Å². The minimum Gasteiger partial charge on any atom is -0.303 e. The van der Waals surface area contributed by atoms with E-state index in [1.165, 1.54) is 90.3 Å². The van der Waals surface area contributed by atoms with Gasteiger partial charge >= 0.3 is 0 Å². The van der Waals surface area contributed by atoms with Crippen LogP contribution in [0, 0.1) is 11.8 Å². The highest BCUT2D eigenvalue weighted by atomic mass is 15.1. The Balaban J connectivity index is 1.47. The summed E-state index contributed by atoms with van der Waals surface area (Å²) in [4.78, 5) is 2.77. The van der Waals surface area contributed by atoms with Gasteiger partial charge in [0.05, 0.1) is 0 Å². The molecule has 1 heteroatoms. The molecule has 1 aliphatic carbocycles. The van der Waals surface area contributed by atoms with Gasteiger partial charge in [-0.1, -0.05) is 58.3 Å². The van der Waals surface area contributed by atoms with Crippen molar-refractivity contribution in [3.05, 3.63) is 0 Å². The normalized spacial score (nSPS) is 28.5. The van der Waals surface area contributed by atoms with Crippen molar-refractivity contribution in [2.24, 2.45) is 11.8 Å². The second-order valence-corrected chi connectivity index (χ2v) is 6.69. The van der Waals surface area contributed by atoms with Gasteiger partial charge in [-0.25, -0.2) is 0 Å². The third-order valence-electron chi connectivity index (χ3n) is 5.13. The fourth-order valence-electron chi connectivity index (χ4n) is 3.98. The van der Waals surface area contributed by atoms with E-state index in [1.54, 1.807) is 0 Å². The summed E-state index contributed by atoms with van der Waals surface area (Å²) in [5.41, 5.74) is 0. The molecular weight excluding hydrogens is 218 g/mol. The van der Waals surface area contributed by atoms with E-state index in [1.807, 2.05) is 0 Å². The number of unbranched alkanes of at least 4 members (excludes halogenated alkanes) is 6. The molecule has 18 heavy (non-hydrogen) atoms. The Morgan fingerprint density at radius 2 is 1.33 bits per heavy atom. The first-order chi connectivity index (χ1) is 8.90. The Morgan fingerprint density at radius 3 is 1.94 bits per heavy atom. The maximum absolute atomic E-state index is 2.77. The van der Waals surface area contributed by atoms with Crippen LogP contribution in [0.25, 0.3) is 0 Å². The summed E-state index contributed by atoms with van der Waals surface area (Å²) in [6.45, 7) is 6.55. The minimum absolute atomic E-state index is 1.07. The quantitative estimate of drug-likeness (QED) is 0.557. The van der Waals surface area contributed by atoms with Crippen LogP contribution in [0.3, 0.4) is 0 Å². The molecule has 0 aromatic carbocycles. The molecule has 1 aliphatic heterocycles. The highest BCUT2D eigenvalue weighted by Gasteiger charge is 2.33. The second-order valence-electron chi connectivity index (χ2n) is 6.69. The van der Waals surface area contributed by atoms with Gasteiger partial charge in [0.15, 0.2) is 0 Å². The fraction of sp³-hybridized carbons (Fsp3) is 1.00. The largest absolute Gasteiger partial charge is 0.303 e. The number of nitrogens with zero attached hydrogens (tertiary/aromatic N) is 1. The van der Waals surface area contributed by atoms with E-state index in [0.717, 1.165) is 11.8 Å². The Kier molecular flexibility index (Phi) is 6.54. The molecular formula is C17H33N. The molecule has 0 aromatic rings. The van der Waals surface area contributed by atoms with Gasteiger partial charge in [-0.2, -0.15) is 0 Å². The number of rotatable bonds is 8. The zero-order valence-electron chi connectivity index (χ0n) is 12.5. The molecule has 2 atom stereocenters. The Morgan fingerprint density at radius 1 is 0.778 bits per heavy atom. The lowest BCUT2D eigenvalue weighted by molar-refractivity contribution is 0.299. The monoisotopic (exact) mass is 251 g/mol. The topological polar surface area (TPSA) is 3.24 Å². The van der Waals surface area contributed by atoms with Crippen LogP contribution in [0.5, 0.6) is 0 Å². The van der Waals surface area contributed by atoms with Gasteiger partial charge in [0.25, 0.3) is 0 Å². The van der Waals surface area contributed by atoms with Gasteiger partial charge in [-0.3, -0.25) is 0 Å². The highest BCUT2D eigenvalue weighted by molar-refractivity contribution is 4.86. The second kappa shape index (κ2) is 8.19. The molecule has 0 aromatic heterocycles. The summed E-state index contributed by atoms with van der Waals surface area (Å²) in [7, 11) is 0. The number of fused-ring (bicyclic) bond motifs is 1. The summed E-state index contributed by atoms with van der Waals surface area (Å²) >= 11 is 0. The van der Waals surface area contributed by atoms with Crippen molar-refractivity contribution in [2.45, 2.75) is 77.6 Å². The third-order valence-corrected chi connectivity index (χ3v) is 5.13. The maximum Gasteiger partial charge on any atom is 0.00129 e. The molecule has 1 heterocycles. The van der Waals surface area contributed by atoms with Gasteiger partial charge in [-0.15, -0.1) is 0 Å². The van der Waals surface area contributed by atoms with E-state index in [0.29, 0.717) is 0 Å². The standard InChI is InChI=1S/C17H33N/c1-2-3-4-5-6-7-10-13-18-14-16-11-8-9-12-17(16)15-18/h16-17H,2-15H2,1H3/t16-,17-/m1/s1. The predicted molar refractivity (Wildman–Crippen MR) is 79.9 cm³/mol. The SMILES string of the molecule is CCCCCCCCCN1C[C@H]2CCCC[C@@H]2C1. The van der Waals surface area contributed by atoms with E-state index >= 15 is 0 Å². The Hall–Kier alpha value is -0.0400. The smallest absolute Gasteiger partial charge is 0.00129 e. The number of hydrogen-bond acceptors (Lipinski definition) is 1. The molecule has 2 rings (SSSR count). The molecule has 2 fully saturated rings. The summed E-state index contributed by atoms with van der Waals surface area (Å²) in [6, 6.07) is 0. The molecule has 0 amide bonds. The van der Waals surface area contributed by atoms with Crippen molar-refractivity contribution in [3.8, 4) is 0 Å². The first-order valence-electron chi connectivity index (χ1n) is 8.62. The average molecular weight is 251 g/mol. The summed E-state index contributed by atoms with van der Waals surface area (Å²) < 4.78 is 0. The molecule has 0 spiro atoms. The van der Waals surface area contributed by atoms with Gasteiger partial charge < -0.3 is 4.90 Å². The molecule has 0 radical (unpaired) electrons. The molecule has 0 N–H and O–H groups in total. The third kappa shape index (κ3) is 4.57. The van der Waals surface area contributed by atoms with E-state index in [4.69, 9.17) is 0 Å². The van der Waals surface area contributed by atoms with E-state index in [2.05, 4.69) is 11.8 Å². The van der Waals surface area contributed by atoms with E-state index in [-0.39, 0.29) is 0 Å². The number of likely N-dealkylation sites (tertiary alicyclic amines) is 1. The van der Waals surface area contributed by atoms with Gasteiger partial charge in [0.2, 0.25) is 0 Å². The zero-order valence-corrected chi connectivity index (χ0v) is 12.5. The van der Waals surface area contributed by atoms with E-state index in [9.17, 15) is 0 Å². The van der Waals surface area contributed by atoms with Crippen LogP contribution in [-0.2, 0) is 0 Å². The lowest BCUT2D eigenvalue weighted by atomic mass is 9.82. The molecule has 106 valence electrons. The first-order valence-corrected chi connectivity index (χ1v) is 8.62. The number of hydrogen-bond donors (Lipinski definition) is 0. The van der Waals surface area contributed by atoms with Crippen LogP contribution in [0.2, 0.25) is 0 Å². The zero-order chi connectivity index (χ0) is 12.6. The molecule has 1 nitrogen and oxygen atoms in total. The molecule has 0 bridgehead atoms. The van der Waals surface area contributed by atoms with Gasteiger partial charge in [-0.05, 0) is 37.6 Å². The summed E-state index contributed by atoms with van der Waals surface area (Å²) in [6.07, 6.45) is 16.2. The summed E-state index contributed by atoms with van der Waals surface area (Å²) in [5, 5.41) is 0. The van der Waals surface area contributed by atoms with Crippen LogP contribution in [0.1, 0.15) is 77.6 Å². The highest BCUT2D eigenvalue weighted by Crippen LogP contribution is 2.35. The molecule has 1 saturated carbocycles. The average Bonchev–Trinajstić information content (AvgIpc) is 2.80.